The number of nitrogens with zero attached hydrogens (tertiary/aromatic N) is 1. The van der Waals surface area contributed by atoms with Crippen LogP contribution in [0.3, 0.4) is 0 Å². The van der Waals surface area contributed by atoms with Gasteiger partial charge in [0.1, 0.15) is 11.3 Å². The van der Waals surface area contributed by atoms with Crippen LogP contribution >= 0.6 is 0 Å². The summed E-state index contributed by atoms with van der Waals surface area (Å²) in [6.07, 6.45) is 2.66. The van der Waals surface area contributed by atoms with Crippen LogP contribution in [-0.2, 0) is 14.8 Å². The topological polar surface area (TPSA) is 90.0 Å². The third kappa shape index (κ3) is 4.49. The minimum absolute atomic E-state index is 0.0466. The molecule has 1 aliphatic rings. The van der Waals surface area contributed by atoms with Crippen molar-refractivity contribution in [1.29, 1.82) is 0 Å². The van der Waals surface area contributed by atoms with E-state index in [0.717, 1.165) is 19.3 Å². The largest absolute Gasteiger partial charge is 0.465 e. The van der Waals surface area contributed by atoms with Gasteiger partial charge in [0.2, 0.25) is 10.0 Å². The second-order valence-electron chi connectivity index (χ2n) is 6.82. The predicted octanol–water partition coefficient (Wildman–Crippen LogP) is 3.18. The van der Waals surface area contributed by atoms with E-state index < -0.39 is 22.0 Å². The average molecular weight is 417 g/mol. The van der Waals surface area contributed by atoms with E-state index in [1.165, 1.54) is 35.7 Å². The first-order valence-corrected chi connectivity index (χ1v) is 10.8. The molecular weight excluding hydrogens is 394 g/mol. The fourth-order valence-electron chi connectivity index (χ4n) is 3.24. The summed E-state index contributed by atoms with van der Waals surface area (Å²) in [6, 6.07) is 10.6. The van der Waals surface area contributed by atoms with E-state index in [4.69, 9.17) is 9.47 Å². The highest BCUT2D eigenvalue weighted by Crippen LogP contribution is 2.26. The first-order chi connectivity index (χ1) is 13.8. The van der Waals surface area contributed by atoms with E-state index in [1.807, 2.05) is 0 Å². The van der Waals surface area contributed by atoms with Crippen molar-refractivity contribution in [2.75, 3.05) is 20.2 Å². The van der Waals surface area contributed by atoms with Gasteiger partial charge in [-0.2, -0.15) is 4.31 Å². The highest BCUT2D eigenvalue weighted by Gasteiger charge is 2.28. The molecule has 8 heteroatoms. The zero-order chi connectivity index (χ0) is 21.0. The van der Waals surface area contributed by atoms with Crippen LogP contribution in [0.15, 0.2) is 47.4 Å². The normalized spacial score (nSPS) is 15.0. The van der Waals surface area contributed by atoms with Crippen LogP contribution in [0.4, 0.5) is 0 Å². The van der Waals surface area contributed by atoms with Crippen molar-refractivity contribution in [3.8, 4) is 5.75 Å². The highest BCUT2D eigenvalue weighted by molar-refractivity contribution is 7.89. The number of benzene rings is 2. The molecule has 0 unspecified atom stereocenters. The van der Waals surface area contributed by atoms with Gasteiger partial charge < -0.3 is 9.47 Å². The molecule has 2 aromatic carbocycles. The second kappa shape index (κ2) is 8.75. The zero-order valence-electron chi connectivity index (χ0n) is 16.4. The van der Waals surface area contributed by atoms with Crippen LogP contribution in [0.2, 0.25) is 0 Å². The van der Waals surface area contributed by atoms with Gasteiger partial charge in [-0.15, -0.1) is 0 Å². The van der Waals surface area contributed by atoms with E-state index in [0.29, 0.717) is 18.7 Å². The van der Waals surface area contributed by atoms with Crippen molar-refractivity contribution < 1.29 is 27.5 Å². The van der Waals surface area contributed by atoms with E-state index in [2.05, 4.69) is 0 Å². The number of aryl methyl sites for hydroxylation is 1. The molecule has 3 rings (SSSR count). The van der Waals surface area contributed by atoms with Gasteiger partial charge in [0.25, 0.3) is 0 Å². The van der Waals surface area contributed by atoms with Crippen LogP contribution in [-0.4, -0.2) is 44.9 Å². The quantitative estimate of drug-likeness (QED) is 0.548. The smallest absolute Gasteiger partial charge is 0.343 e. The average Bonchev–Trinajstić information content (AvgIpc) is 2.74. The van der Waals surface area contributed by atoms with Crippen molar-refractivity contribution in [1.82, 2.24) is 4.31 Å². The standard InChI is InChI=1S/C21H23NO6S/c1-15-10-11-16(14-19(15)29(25,26)22-12-6-3-7-13-22)20(23)28-18-9-5-4-8-17(18)21(24)27-2/h4-5,8-11,14H,3,6-7,12-13H2,1-2H3. The fraction of sp³-hybridized carbons (Fsp3) is 0.333. The van der Waals surface area contributed by atoms with Gasteiger partial charge in [-0.3, -0.25) is 0 Å². The van der Waals surface area contributed by atoms with Gasteiger partial charge in [-0.05, 0) is 49.6 Å². The summed E-state index contributed by atoms with van der Waals surface area (Å²) in [5.41, 5.74) is 0.754. The number of rotatable bonds is 5. The van der Waals surface area contributed by atoms with Crippen molar-refractivity contribution in [2.45, 2.75) is 31.1 Å². The van der Waals surface area contributed by atoms with E-state index in [-0.39, 0.29) is 21.8 Å². The summed E-state index contributed by atoms with van der Waals surface area (Å²) in [6.45, 7) is 2.64. The molecule has 0 aromatic heterocycles. The number of hydrogen-bond donors (Lipinski definition) is 0. The molecular formula is C21H23NO6S. The molecule has 0 aliphatic carbocycles. The summed E-state index contributed by atoms with van der Waals surface area (Å²) in [7, 11) is -2.46. The second-order valence-corrected chi connectivity index (χ2v) is 8.73. The molecule has 0 atom stereocenters. The van der Waals surface area contributed by atoms with Crippen molar-refractivity contribution >= 4 is 22.0 Å². The molecule has 0 spiro atoms. The number of carbonyl (C=O) groups excluding carboxylic acids is 2. The number of para-hydroxylation sites is 1. The lowest BCUT2D eigenvalue weighted by atomic mass is 10.1. The Kier molecular flexibility index (Phi) is 6.34. The van der Waals surface area contributed by atoms with Crippen LogP contribution < -0.4 is 4.74 Å². The van der Waals surface area contributed by atoms with Crippen LogP contribution in [0.1, 0.15) is 45.5 Å². The first-order valence-electron chi connectivity index (χ1n) is 9.35. The number of methoxy groups -OCH3 is 1. The predicted molar refractivity (Wildman–Crippen MR) is 107 cm³/mol. The Morgan fingerprint density at radius 2 is 1.66 bits per heavy atom. The Hall–Kier alpha value is -2.71. The van der Waals surface area contributed by atoms with Gasteiger partial charge in [0, 0.05) is 13.1 Å². The zero-order valence-corrected chi connectivity index (χ0v) is 17.2. The van der Waals surface area contributed by atoms with Gasteiger partial charge in [0.15, 0.2) is 0 Å². The maximum atomic E-state index is 13.0. The number of carbonyl (C=O) groups is 2. The molecule has 7 nitrogen and oxygen atoms in total. The van der Waals surface area contributed by atoms with E-state index >= 15 is 0 Å². The van der Waals surface area contributed by atoms with Crippen molar-refractivity contribution in [3.05, 3.63) is 59.2 Å². The molecule has 0 N–H and O–H groups in total. The van der Waals surface area contributed by atoms with Gasteiger partial charge in [0.05, 0.1) is 17.6 Å². The Bertz CT molecular complexity index is 1030. The molecule has 0 bridgehead atoms. The van der Waals surface area contributed by atoms with Crippen LogP contribution in [0.25, 0.3) is 0 Å². The minimum Gasteiger partial charge on any atom is -0.465 e. The number of hydrogen-bond acceptors (Lipinski definition) is 6. The maximum Gasteiger partial charge on any atom is 0.343 e. The molecule has 1 saturated heterocycles. The minimum atomic E-state index is -3.70. The SMILES string of the molecule is COC(=O)c1ccccc1OC(=O)c1ccc(C)c(S(=O)(=O)N2CCCCC2)c1. The Balaban J connectivity index is 1.90. The summed E-state index contributed by atoms with van der Waals surface area (Å²) < 4.78 is 37.6. The molecule has 0 radical (unpaired) electrons. The third-order valence-electron chi connectivity index (χ3n) is 4.85. The lowest BCUT2D eigenvalue weighted by molar-refractivity contribution is 0.0593. The molecule has 29 heavy (non-hydrogen) atoms. The van der Waals surface area contributed by atoms with Crippen molar-refractivity contribution in [2.24, 2.45) is 0 Å². The van der Waals surface area contributed by atoms with Crippen molar-refractivity contribution in [3.63, 3.8) is 0 Å². The Morgan fingerprint density at radius 3 is 2.34 bits per heavy atom. The first kappa shape index (κ1) is 21.0. The molecule has 2 aromatic rings. The highest BCUT2D eigenvalue weighted by atomic mass is 32.2. The number of esters is 2. The maximum absolute atomic E-state index is 13.0. The third-order valence-corrected chi connectivity index (χ3v) is 6.89. The molecule has 154 valence electrons. The lowest BCUT2D eigenvalue weighted by Gasteiger charge is -2.26. The summed E-state index contributed by atoms with van der Waals surface area (Å²) in [5, 5.41) is 0. The van der Waals surface area contributed by atoms with Crippen LogP contribution in [0.5, 0.6) is 5.75 Å². The Morgan fingerprint density at radius 1 is 0.966 bits per heavy atom. The van der Waals surface area contributed by atoms with E-state index in [9.17, 15) is 18.0 Å². The summed E-state index contributed by atoms with van der Waals surface area (Å²) >= 11 is 0. The number of sulfonamides is 1. The molecule has 0 saturated carbocycles. The van der Waals surface area contributed by atoms with Gasteiger partial charge in [-0.25, -0.2) is 18.0 Å². The molecule has 1 fully saturated rings. The molecule has 1 heterocycles. The van der Waals surface area contributed by atoms with Gasteiger partial charge >= 0.3 is 11.9 Å². The monoisotopic (exact) mass is 417 g/mol. The number of ether oxygens (including phenoxy) is 2. The summed E-state index contributed by atoms with van der Waals surface area (Å²) in [5.74, 6) is -1.34. The van der Waals surface area contributed by atoms with Gasteiger partial charge in [-0.1, -0.05) is 24.6 Å². The Labute approximate surface area is 170 Å². The fourth-order valence-corrected chi connectivity index (χ4v) is 5.01. The van der Waals surface area contributed by atoms with E-state index in [1.54, 1.807) is 25.1 Å². The molecule has 1 aliphatic heterocycles. The molecule has 0 amide bonds. The van der Waals surface area contributed by atoms with Crippen LogP contribution in [0, 0.1) is 6.92 Å². The summed E-state index contributed by atoms with van der Waals surface area (Å²) in [4.78, 5) is 24.6. The lowest BCUT2D eigenvalue weighted by Crippen LogP contribution is -2.36. The number of piperidine rings is 1.